The number of nitrogens with zero attached hydrogens (tertiary/aromatic N) is 1. The molecule has 100 valence electrons. The Labute approximate surface area is 103 Å². The van der Waals surface area contributed by atoms with E-state index in [1.807, 2.05) is 25.7 Å². The lowest BCUT2D eigenvalue weighted by molar-refractivity contribution is -0.142. The van der Waals surface area contributed by atoms with E-state index >= 15 is 0 Å². The van der Waals surface area contributed by atoms with E-state index in [-0.39, 0.29) is 17.9 Å². The molecule has 1 heterocycles. The van der Waals surface area contributed by atoms with E-state index < -0.39 is 5.60 Å². The summed E-state index contributed by atoms with van der Waals surface area (Å²) in [6.45, 7) is 7.93. The number of ether oxygens (including phenoxy) is 1. The monoisotopic (exact) mass is 244 g/mol. The summed E-state index contributed by atoms with van der Waals surface area (Å²) in [5.74, 6) is 0.217. The smallest absolute Gasteiger partial charge is 0.234 e. The normalized spacial score (nSPS) is 21.1. The van der Waals surface area contributed by atoms with E-state index in [4.69, 9.17) is 4.74 Å². The summed E-state index contributed by atoms with van der Waals surface area (Å²) in [5, 5.41) is 12.9. The fraction of sp³-hybridized carbons (Fsp3) is 0.917. The van der Waals surface area contributed by atoms with Gasteiger partial charge in [-0.1, -0.05) is 13.8 Å². The van der Waals surface area contributed by atoms with E-state index in [0.29, 0.717) is 26.2 Å². The zero-order valence-corrected chi connectivity index (χ0v) is 11.2. The highest BCUT2D eigenvalue weighted by Gasteiger charge is 2.43. The second kappa shape index (κ2) is 5.80. The first-order valence-electron chi connectivity index (χ1n) is 6.10. The number of carbonyl (C=O) groups excluding carboxylic acids is 1. The molecular weight excluding hydrogens is 220 g/mol. The predicted octanol–water partition coefficient (Wildman–Crippen LogP) is -0.160. The van der Waals surface area contributed by atoms with Crippen LogP contribution in [0.15, 0.2) is 0 Å². The Morgan fingerprint density at radius 2 is 2.06 bits per heavy atom. The Morgan fingerprint density at radius 3 is 2.53 bits per heavy atom. The third-order valence-corrected chi connectivity index (χ3v) is 3.26. The molecule has 0 aromatic rings. The van der Waals surface area contributed by atoms with Crippen molar-refractivity contribution >= 4 is 5.91 Å². The standard InChI is InChI=1S/C12H24N2O3/c1-9(2)12(16)7-14(8-12)5-11(15)13-10(3)6-17-4/h9-10,16H,5-8H2,1-4H3,(H,13,15). The molecule has 0 spiro atoms. The number of rotatable bonds is 6. The van der Waals surface area contributed by atoms with Crippen molar-refractivity contribution in [2.24, 2.45) is 5.92 Å². The van der Waals surface area contributed by atoms with Gasteiger partial charge in [0, 0.05) is 26.2 Å². The highest BCUT2D eigenvalue weighted by molar-refractivity contribution is 5.78. The zero-order chi connectivity index (χ0) is 13.1. The lowest BCUT2D eigenvalue weighted by atomic mass is 9.83. The van der Waals surface area contributed by atoms with Gasteiger partial charge in [-0.25, -0.2) is 0 Å². The molecule has 0 radical (unpaired) electrons. The van der Waals surface area contributed by atoms with Gasteiger partial charge in [-0.15, -0.1) is 0 Å². The molecule has 0 aromatic heterocycles. The maximum Gasteiger partial charge on any atom is 0.234 e. The third-order valence-electron chi connectivity index (χ3n) is 3.26. The summed E-state index contributed by atoms with van der Waals surface area (Å²) in [6.07, 6.45) is 0. The maximum absolute atomic E-state index is 11.6. The molecule has 0 aromatic carbocycles. The Balaban J connectivity index is 2.22. The molecule has 5 nitrogen and oxygen atoms in total. The molecule has 1 fully saturated rings. The van der Waals surface area contributed by atoms with Crippen molar-refractivity contribution in [2.75, 3.05) is 33.4 Å². The average Bonchev–Trinajstić information content (AvgIpc) is 2.14. The van der Waals surface area contributed by atoms with E-state index in [1.165, 1.54) is 0 Å². The Hall–Kier alpha value is -0.650. The number of amides is 1. The van der Waals surface area contributed by atoms with Gasteiger partial charge in [-0.2, -0.15) is 0 Å². The topological polar surface area (TPSA) is 61.8 Å². The van der Waals surface area contributed by atoms with Crippen molar-refractivity contribution < 1.29 is 14.6 Å². The third kappa shape index (κ3) is 3.94. The Bertz CT molecular complexity index is 262. The molecule has 1 aliphatic rings. The SMILES string of the molecule is COCC(C)NC(=O)CN1CC(O)(C(C)C)C1. The number of hydrogen-bond acceptors (Lipinski definition) is 4. The molecule has 5 heteroatoms. The quantitative estimate of drug-likeness (QED) is 0.681. The summed E-state index contributed by atoms with van der Waals surface area (Å²) in [5.41, 5.74) is -0.613. The second-order valence-electron chi connectivity index (χ2n) is 5.33. The van der Waals surface area contributed by atoms with Gasteiger partial charge < -0.3 is 15.2 Å². The van der Waals surface area contributed by atoms with Gasteiger partial charge in [-0.05, 0) is 12.8 Å². The first-order chi connectivity index (χ1) is 7.87. The van der Waals surface area contributed by atoms with Crippen LogP contribution >= 0.6 is 0 Å². The van der Waals surface area contributed by atoms with Crippen molar-refractivity contribution in [1.82, 2.24) is 10.2 Å². The number of hydrogen-bond donors (Lipinski definition) is 2. The lowest BCUT2D eigenvalue weighted by Gasteiger charge is -2.48. The molecule has 1 saturated heterocycles. The van der Waals surface area contributed by atoms with Crippen molar-refractivity contribution in [3.63, 3.8) is 0 Å². The molecular formula is C12H24N2O3. The van der Waals surface area contributed by atoms with Crippen LogP contribution in [-0.4, -0.2) is 60.9 Å². The average molecular weight is 244 g/mol. The van der Waals surface area contributed by atoms with Gasteiger partial charge in [0.05, 0.1) is 18.8 Å². The number of aliphatic hydroxyl groups is 1. The number of β-amino-alcohol motifs (C(OH)–C–C–N with tert-alkyl or cyclic N) is 1. The van der Waals surface area contributed by atoms with Crippen LogP contribution in [0.2, 0.25) is 0 Å². The molecule has 2 N–H and O–H groups in total. The van der Waals surface area contributed by atoms with Crippen molar-refractivity contribution in [1.29, 1.82) is 0 Å². The molecule has 1 amide bonds. The number of carbonyl (C=O) groups is 1. The minimum atomic E-state index is -0.613. The number of methoxy groups -OCH3 is 1. The van der Waals surface area contributed by atoms with Gasteiger partial charge in [-0.3, -0.25) is 9.69 Å². The zero-order valence-electron chi connectivity index (χ0n) is 11.2. The maximum atomic E-state index is 11.6. The second-order valence-corrected chi connectivity index (χ2v) is 5.33. The van der Waals surface area contributed by atoms with Crippen LogP contribution in [-0.2, 0) is 9.53 Å². The first-order valence-corrected chi connectivity index (χ1v) is 6.10. The highest BCUT2D eigenvalue weighted by atomic mass is 16.5. The lowest BCUT2D eigenvalue weighted by Crippen LogP contribution is -2.66. The predicted molar refractivity (Wildman–Crippen MR) is 65.7 cm³/mol. The van der Waals surface area contributed by atoms with Crippen LogP contribution in [0.3, 0.4) is 0 Å². The van der Waals surface area contributed by atoms with Crippen LogP contribution in [0.1, 0.15) is 20.8 Å². The fourth-order valence-corrected chi connectivity index (χ4v) is 2.02. The van der Waals surface area contributed by atoms with Crippen LogP contribution in [0.25, 0.3) is 0 Å². The van der Waals surface area contributed by atoms with Crippen LogP contribution < -0.4 is 5.32 Å². The van der Waals surface area contributed by atoms with Gasteiger partial charge in [0.25, 0.3) is 0 Å². The fourth-order valence-electron chi connectivity index (χ4n) is 2.02. The molecule has 0 bridgehead atoms. The highest BCUT2D eigenvalue weighted by Crippen LogP contribution is 2.27. The van der Waals surface area contributed by atoms with Gasteiger partial charge in [0.2, 0.25) is 5.91 Å². The molecule has 1 atom stereocenters. The molecule has 1 aliphatic heterocycles. The summed E-state index contributed by atoms with van der Waals surface area (Å²) >= 11 is 0. The molecule has 0 saturated carbocycles. The number of nitrogens with one attached hydrogen (secondary N) is 1. The van der Waals surface area contributed by atoms with Crippen molar-refractivity contribution in [3.05, 3.63) is 0 Å². The Morgan fingerprint density at radius 1 is 1.47 bits per heavy atom. The van der Waals surface area contributed by atoms with Crippen LogP contribution in [0.4, 0.5) is 0 Å². The van der Waals surface area contributed by atoms with E-state index in [2.05, 4.69) is 5.32 Å². The van der Waals surface area contributed by atoms with Gasteiger partial charge >= 0.3 is 0 Å². The largest absolute Gasteiger partial charge is 0.387 e. The summed E-state index contributed by atoms with van der Waals surface area (Å²) in [7, 11) is 1.61. The summed E-state index contributed by atoms with van der Waals surface area (Å²) in [6, 6.07) is 0.0257. The summed E-state index contributed by atoms with van der Waals surface area (Å²) < 4.78 is 4.95. The van der Waals surface area contributed by atoms with Gasteiger partial charge in [0.1, 0.15) is 0 Å². The van der Waals surface area contributed by atoms with E-state index in [0.717, 1.165) is 0 Å². The van der Waals surface area contributed by atoms with Crippen molar-refractivity contribution in [2.45, 2.75) is 32.4 Å². The number of likely N-dealkylation sites (tertiary alicyclic amines) is 1. The van der Waals surface area contributed by atoms with E-state index in [9.17, 15) is 9.90 Å². The molecule has 17 heavy (non-hydrogen) atoms. The van der Waals surface area contributed by atoms with Crippen LogP contribution in [0, 0.1) is 5.92 Å². The minimum absolute atomic E-state index is 0.0136. The van der Waals surface area contributed by atoms with Crippen LogP contribution in [0.5, 0.6) is 0 Å². The molecule has 1 rings (SSSR count). The molecule has 1 unspecified atom stereocenters. The van der Waals surface area contributed by atoms with Gasteiger partial charge in [0.15, 0.2) is 0 Å². The van der Waals surface area contributed by atoms with Crippen molar-refractivity contribution in [3.8, 4) is 0 Å². The summed E-state index contributed by atoms with van der Waals surface area (Å²) in [4.78, 5) is 13.6. The molecule has 0 aliphatic carbocycles. The minimum Gasteiger partial charge on any atom is -0.387 e. The first kappa shape index (κ1) is 14.4. The van der Waals surface area contributed by atoms with E-state index in [1.54, 1.807) is 7.11 Å². The Kier molecular flexibility index (Phi) is 4.91.